The van der Waals surface area contributed by atoms with E-state index in [4.69, 9.17) is 9.11 Å². The Balaban J connectivity index is 3.09. The summed E-state index contributed by atoms with van der Waals surface area (Å²) in [4.78, 5) is -0.699. The zero-order valence-corrected chi connectivity index (χ0v) is 8.42. The van der Waals surface area contributed by atoms with Gasteiger partial charge in [0.1, 0.15) is 0 Å². The maximum Gasteiger partial charge on any atom is 0.290 e. The highest BCUT2D eigenvalue weighted by atomic mass is 32.2. The average Bonchev–Trinajstić information content (AvgIpc) is 2.01. The summed E-state index contributed by atoms with van der Waals surface area (Å²) in [6, 6.07) is 0. The molecule has 0 bridgehead atoms. The van der Waals surface area contributed by atoms with Gasteiger partial charge in [-0.1, -0.05) is 0 Å². The number of rotatable bonds is 2. The second-order valence-corrected chi connectivity index (χ2v) is 5.46. The van der Waals surface area contributed by atoms with Gasteiger partial charge in [0, 0.05) is 6.42 Å². The second-order valence-electron chi connectivity index (χ2n) is 2.56. The molecule has 0 aliphatic heterocycles. The van der Waals surface area contributed by atoms with Crippen LogP contribution >= 0.6 is 0 Å². The molecule has 0 fully saturated rings. The van der Waals surface area contributed by atoms with Gasteiger partial charge in [0.15, 0.2) is 0 Å². The van der Waals surface area contributed by atoms with E-state index >= 15 is 0 Å². The molecule has 0 saturated carbocycles. The smallest absolute Gasteiger partial charge is 0.282 e. The number of allylic oxidation sites excluding steroid dienone is 4. The molecule has 1 aliphatic carbocycles. The van der Waals surface area contributed by atoms with Gasteiger partial charge in [-0.2, -0.15) is 16.8 Å². The predicted octanol–water partition coefficient (Wildman–Crippen LogP) is 0.138. The van der Waals surface area contributed by atoms with Crippen LogP contribution in [0.3, 0.4) is 0 Å². The third-order valence-electron chi connectivity index (χ3n) is 1.57. The number of hydrogen-bond donors (Lipinski definition) is 2. The maximum atomic E-state index is 10.6. The fourth-order valence-corrected chi connectivity index (χ4v) is 1.96. The van der Waals surface area contributed by atoms with Gasteiger partial charge in [0.05, 0.1) is 9.81 Å². The van der Waals surface area contributed by atoms with Crippen molar-refractivity contribution < 1.29 is 25.9 Å². The largest absolute Gasteiger partial charge is 0.290 e. The molecule has 0 aromatic carbocycles. The van der Waals surface area contributed by atoms with Crippen LogP contribution in [0.4, 0.5) is 0 Å². The molecule has 0 heterocycles. The molecule has 2 N–H and O–H groups in total. The van der Waals surface area contributed by atoms with Crippen LogP contribution in [0.2, 0.25) is 0 Å². The predicted molar refractivity (Wildman–Crippen MR) is 48.2 cm³/mol. The first-order chi connectivity index (χ1) is 6.21. The molecular formula is C6H7O6S2. The van der Waals surface area contributed by atoms with Crippen LogP contribution in [-0.2, 0) is 20.2 Å². The Kier molecular flexibility index (Phi) is 2.81. The molecule has 79 valence electrons. The first-order valence-electron chi connectivity index (χ1n) is 3.40. The number of hydrogen-bond acceptors (Lipinski definition) is 4. The molecule has 8 heteroatoms. The van der Waals surface area contributed by atoms with Gasteiger partial charge in [-0.15, -0.1) is 0 Å². The van der Waals surface area contributed by atoms with E-state index in [2.05, 4.69) is 0 Å². The highest BCUT2D eigenvalue weighted by Crippen LogP contribution is 2.23. The SMILES string of the molecule is O=S(=O)(O)C1=CC=C(S(=O)(=O)O)C[CH]1. The van der Waals surface area contributed by atoms with Crippen LogP contribution in [0.25, 0.3) is 0 Å². The van der Waals surface area contributed by atoms with Crippen molar-refractivity contribution in [2.24, 2.45) is 0 Å². The minimum absolute atomic E-state index is 0.259. The maximum absolute atomic E-state index is 10.6. The van der Waals surface area contributed by atoms with E-state index in [-0.39, 0.29) is 16.2 Å². The van der Waals surface area contributed by atoms with Crippen molar-refractivity contribution in [3.63, 3.8) is 0 Å². The van der Waals surface area contributed by atoms with E-state index in [9.17, 15) is 16.8 Å². The standard InChI is InChI=1S/C6H7O6S2/c7-13(8,9)5-1-2-6(4-3-5)14(10,11)12/h1-3H,4H2,(H,7,8,9)(H,10,11,12). The lowest BCUT2D eigenvalue weighted by Gasteiger charge is -2.09. The van der Waals surface area contributed by atoms with E-state index in [0.717, 1.165) is 18.6 Å². The van der Waals surface area contributed by atoms with Crippen molar-refractivity contribution in [1.82, 2.24) is 0 Å². The van der Waals surface area contributed by atoms with Crippen molar-refractivity contribution in [2.45, 2.75) is 6.42 Å². The lowest BCUT2D eigenvalue weighted by atomic mass is 10.2. The van der Waals surface area contributed by atoms with Crippen LogP contribution in [-0.4, -0.2) is 25.9 Å². The summed E-state index contributed by atoms with van der Waals surface area (Å²) < 4.78 is 59.4. The molecule has 0 aromatic heterocycles. The molecule has 1 rings (SSSR count). The van der Waals surface area contributed by atoms with Crippen molar-refractivity contribution in [3.05, 3.63) is 28.4 Å². The molecular weight excluding hydrogens is 232 g/mol. The molecule has 14 heavy (non-hydrogen) atoms. The van der Waals surface area contributed by atoms with E-state index in [1.807, 2.05) is 0 Å². The van der Waals surface area contributed by atoms with Crippen LogP contribution < -0.4 is 0 Å². The summed E-state index contributed by atoms with van der Waals surface area (Å²) >= 11 is 0. The Morgan fingerprint density at radius 1 is 1.00 bits per heavy atom. The monoisotopic (exact) mass is 239 g/mol. The minimum Gasteiger partial charge on any atom is -0.282 e. The third kappa shape index (κ3) is 2.64. The highest BCUT2D eigenvalue weighted by molar-refractivity contribution is 7.90. The topological polar surface area (TPSA) is 109 Å². The third-order valence-corrected chi connectivity index (χ3v) is 3.43. The Labute approximate surface area is 81.4 Å². The molecule has 0 spiro atoms. The molecule has 0 amide bonds. The molecule has 0 aromatic rings. The Bertz CT molecular complexity index is 444. The van der Waals surface area contributed by atoms with Gasteiger partial charge in [-0.3, -0.25) is 9.11 Å². The van der Waals surface area contributed by atoms with Gasteiger partial charge in [-0.25, -0.2) is 0 Å². The summed E-state index contributed by atoms with van der Waals surface area (Å²) in [5.74, 6) is 0. The Hall–Kier alpha value is -0.700. The van der Waals surface area contributed by atoms with Gasteiger partial charge in [-0.05, 0) is 18.6 Å². The lowest BCUT2D eigenvalue weighted by Crippen LogP contribution is -2.10. The lowest BCUT2D eigenvalue weighted by molar-refractivity contribution is 0.486. The Morgan fingerprint density at radius 3 is 1.86 bits per heavy atom. The molecule has 0 unspecified atom stereocenters. The Morgan fingerprint density at radius 2 is 1.57 bits per heavy atom. The summed E-state index contributed by atoms with van der Waals surface area (Å²) in [5, 5.41) is 0. The molecule has 1 radical (unpaired) electrons. The van der Waals surface area contributed by atoms with Gasteiger partial charge in [0.2, 0.25) is 0 Å². The van der Waals surface area contributed by atoms with E-state index in [1.165, 1.54) is 0 Å². The zero-order valence-electron chi connectivity index (χ0n) is 6.78. The van der Waals surface area contributed by atoms with Crippen LogP contribution in [0.15, 0.2) is 22.0 Å². The molecule has 0 saturated heterocycles. The van der Waals surface area contributed by atoms with Crippen LogP contribution in [0.1, 0.15) is 6.42 Å². The van der Waals surface area contributed by atoms with Gasteiger partial charge in [0.25, 0.3) is 20.2 Å². The van der Waals surface area contributed by atoms with E-state index in [0.29, 0.717) is 0 Å². The fraction of sp³-hybridized carbons (Fsp3) is 0.167. The normalized spacial score (nSPS) is 18.7. The van der Waals surface area contributed by atoms with E-state index in [1.54, 1.807) is 0 Å². The first-order valence-corrected chi connectivity index (χ1v) is 6.28. The van der Waals surface area contributed by atoms with E-state index < -0.39 is 20.2 Å². The van der Waals surface area contributed by atoms with Crippen LogP contribution in [0, 0.1) is 6.42 Å². The van der Waals surface area contributed by atoms with Crippen molar-refractivity contribution in [2.75, 3.05) is 0 Å². The zero-order chi connectivity index (χ0) is 11.0. The minimum atomic E-state index is -4.31. The second kappa shape index (κ2) is 3.46. The first kappa shape index (κ1) is 11.4. The summed E-state index contributed by atoms with van der Waals surface area (Å²) in [5.41, 5.74) is 0. The summed E-state index contributed by atoms with van der Waals surface area (Å²) in [7, 11) is -8.60. The van der Waals surface area contributed by atoms with Crippen molar-refractivity contribution in [1.29, 1.82) is 0 Å². The average molecular weight is 239 g/mol. The molecule has 1 aliphatic rings. The van der Waals surface area contributed by atoms with Gasteiger partial charge >= 0.3 is 0 Å². The van der Waals surface area contributed by atoms with Crippen molar-refractivity contribution in [3.8, 4) is 0 Å². The summed E-state index contributed by atoms with van der Waals surface area (Å²) in [6.07, 6.45) is 2.57. The highest BCUT2D eigenvalue weighted by Gasteiger charge is 2.22. The summed E-state index contributed by atoms with van der Waals surface area (Å²) in [6.45, 7) is 0. The fourth-order valence-electron chi connectivity index (χ4n) is 0.895. The molecule has 6 nitrogen and oxygen atoms in total. The van der Waals surface area contributed by atoms with Crippen molar-refractivity contribution >= 4 is 20.2 Å². The van der Waals surface area contributed by atoms with Gasteiger partial charge < -0.3 is 0 Å². The molecule has 0 atom stereocenters. The van der Waals surface area contributed by atoms with Crippen LogP contribution in [0.5, 0.6) is 0 Å². The quantitative estimate of drug-likeness (QED) is 0.663.